The minimum atomic E-state index is -0.496. The third-order valence-corrected chi connectivity index (χ3v) is 2.75. The van der Waals surface area contributed by atoms with Crippen molar-refractivity contribution in [1.29, 1.82) is 0 Å². The Balaban J connectivity index is 3.27. The summed E-state index contributed by atoms with van der Waals surface area (Å²) in [5.74, 6) is 0.390. The van der Waals surface area contributed by atoms with Crippen LogP contribution in [0.2, 0.25) is 5.15 Å². The van der Waals surface area contributed by atoms with Crippen LogP contribution in [0.3, 0.4) is 0 Å². The number of anilines is 1. The van der Waals surface area contributed by atoms with Crippen LogP contribution in [-0.4, -0.2) is 16.5 Å². The molecule has 0 bridgehead atoms. The Bertz CT molecular complexity index is 447. The van der Waals surface area contributed by atoms with Gasteiger partial charge >= 0.3 is 5.69 Å². The van der Waals surface area contributed by atoms with Gasteiger partial charge in [-0.15, -0.1) is 0 Å². The molecule has 94 valence electrons. The molecule has 17 heavy (non-hydrogen) atoms. The van der Waals surface area contributed by atoms with Crippen LogP contribution in [0.5, 0.6) is 0 Å². The second kappa shape index (κ2) is 5.31. The average molecular weight is 258 g/mol. The van der Waals surface area contributed by atoms with E-state index in [1.165, 1.54) is 0 Å². The monoisotopic (exact) mass is 257 g/mol. The minimum Gasteiger partial charge on any atom is -0.379 e. The maximum atomic E-state index is 11.0. The molecule has 1 rings (SSSR count). The van der Waals surface area contributed by atoms with Gasteiger partial charge in [-0.05, 0) is 19.8 Å². The molecule has 0 aromatic carbocycles. The molecule has 0 amide bonds. The summed E-state index contributed by atoms with van der Waals surface area (Å²) in [7, 11) is 0. The van der Waals surface area contributed by atoms with Gasteiger partial charge in [0.15, 0.2) is 0 Å². The number of aromatic nitrogens is 1. The quantitative estimate of drug-likeness (QED) is 0.510. The zero-order valence-corrected chi connectivity index (χ0v) is 11.1. The van der Waals surface area contributed by atoms with Crippen LogP contribution in [0.25, 0.3) is 0 Å². The van der Waals surface area contributed by atoms with E-state index >= 15 is 0 Å². The lowest BCUT2D eigenvalue weighted by molar-refractivity contribution is -0.384. The highest BCUT2D eigenvalue weighted by Crippen LogP contribution is 2.35. The molecule has 6 heteroatoms. The molecule has 0 radical (unpaired) electrons. The molecule has 1 heterocycles. The second-order valence-corrected chi connectivity index (χ2v) is 4.73. The van der Waals surface area contributed by atoms with Crippen molar-refractivity contribution in [2.75, 3.05) is 11.9 Å². The Labute approximate surface area is 105 Å². The summed E-state index contributed by atoms with van der Waals surface area (Å²) in [5, 5.41) is 14.0. The van der Waals surface area contributed by atoms with Crippen LogP contribution in [0.4, 0.5) is 11.4 Å². The SMILES string of the molecule is Cc1nc(Cl)c([N+](=O)[O-])c(NCC(C)C)c1C. The van der Waals surface area contributed by atoms with Crippen molar-refractivity contribution in [3.63, 3.8) is 0 Å². The first kappa shape index (κ1) is 13.7. The van der Waals surface area contributed by atoms with E-state index in [0.717, 1.165) is 5.56 Å². The van der Waals surface area contributed by atoms with Crippen LogP contribution in [0.1, 0.15) is 25.1 Å². The molecule has 1 aromatic rings. The Hall–Kier alpha value is -1.36. The molecule has 0 aliphatic carbocycles. The van der Waals surface area contributed by atoms with E-state index in [4.69, 9.17) is 11.6 Å². The molecule has 0 saturated heterocycles. The van der Waals surface area contributed by atoms with Crippen molar-refractivity contribution in [3.05, 3.63) is 26.5 Å². The predicted molar refractivity (Wildman–Crippen MR) is 68.7 cm³/mol. The van der Waals surface area contributed by atoms with E-state index in [0.29, 0.717) is 23.8 Å². The van der Waals surface area contributed by atoms with Crippen molar-refractivity contribution >= 4 is 23.0 Å². The first-order valence-electron chi connectivity index (χ1n) is 5.39. The molecule has 0 aliphatic heterocycles. The first-order valence-corrected chi connectivity index (χ1v) is 5.77. The van der Waals surface area contributed by atoms with Crippen molar-refractivity contribution in [3.8, 4) is 0 Å². The molecule has 5 nitrogen and oxygen atoms in total. The summed E-state index contributed by atoms with van der Waals surface area (Å²) < 4.78 is 0. The Morgan fingerprint density at radius 1 is 1.47 bits per heavy atom. The minimum absolute atomic E-state index is 0.0654. The highest BCUT2D eigenvalue weighted by atomic mass is 35.5. The summed E-state index contributed by atoms with van der Waals surface area (Å²) in [6.45, 7) is 8.30. The third kappa shape index (κ3) is 3.06. The van der Waals surface area contributed by atoms with Crippen LogP contribution < -0.4 is 5.32 Å². The zero-order valence-electron chi connectivity index (χ0n) is 10.4. The highest BCUT2D eigenvalue weighted by Gasteiger charge is 2.23. The summed E-state index contributed by atoms with van der Waals surface area (Å²) in [5.41, 5.74) is 1.80. The van der Waals surface area contributed by atoms with Gasteiger partial charge in [0.2, 0.25) is 5.15 Å². The van der Waals surface area contributed by atoms with Gasteiger partial charge in [-0.25, -0.2) is 4.98 Å². The summed E-state index contributed by atoms with van der Waals surface area (Å²) >= 11 is 5.82. The highest BCUT2D eigenvalue weighted by molar-refractivity contribution is 6.32. The Morgan fingerprint density at radius 3 is 2.53 bits per heavy atom. The van der Waals surface area contributed by atoms with Gasteiger partial charge in [-0.2, -0.15) is 0 Å². The van der Waals surface area contributed by atoms with Crippen LogP contribution in [0.15, 0.2) is 0 Å². The summed E-state index contributed by atoms with van der Waals surface area (Å²) in [4.78, 5) is 14.5. The van der Waals surface area contributed by atoms with Gasteiger partial charge in [-0.1, -0.05) is 25.4 Å². The lowest BCUT2D eigenvalue weighted by atomic mass is 10.1. The van der Waals surface area contributed by atoms with E-state index < -0.39 is 4.92 Å². The fraction of sp³-hybridized carbons (Fsp3) is 0.545. The molecule has 0 aliphatic rings. The molecule has 0 fully saturated rings. The average Bonchev–Trinajstić information content (AvgIpc) is 2.20. The van der Waals surface area contributed by atoms with Crippen LogP contribution >= 0.6 is 11.6 Å². The fourth-order valence-corrected chi connectivity index (χ4v) is 1.73. The Kier molecular flexibility index (Phi) is 4.28. The van der Waals surface area contributed by atoms with Crippen molar-refractivity contribution in [2.45, 2.75) is 27.7 Å². The Morgan fingerprint density at radius 2 is 2.06 bits per heavy atom. The summed E-state index contributed by atoms with van der Waals surface area (Å²) in [6.07, 6.45) is 0. The largest absolute Gasteiger partial charge is 0.379 e. The van der Waals surface area contributed by atoms with Gasteiger partial charge in [0.1, 0.15) is 5.69 Å². The number of hydrogen-bond acceptors (Lipinski definition) is 4. The molecular weight excluding hydrogens is 242 g/mol. The predicted octanol–water partition coefficient (Wildman–Crippen LogP) is 3.33. The number of aryl methyl sites for hydroxylation is 1. The third-order valence-electron chi connectivity index (χ3n) is 2.49. The van der Waals surface area contributed by atoms with E-state index in [2.05, 4.69) is 10.3 Å². The number of pyridine rings is 1. The number of rotatable bonds is 4. The molecule has 0 saturated carbocycles. The van der Waals surface area contributed by atoms with Crippen molar-refractivity contribution in [1.82, 2.24) is 4.98 Å². The smallest absolute Gasteiger partial charge is 0.329 e. The van der Waals surface area contributed by atoms with Gasteiger partial charge in [0, 0.05) is 17.8 Å². The van der Waals surface area contributed by atoms with Crippen LogP contribution in [0, 0.1) is 29.9 Å². The number of hydrogen-bond donors (Lipinski definition) is 1. The topological polar surface area (TPSA) is 68.1 Å². The second-order valence-electron chi connectivity index (χ2n) is 4.37. The standard InChI is InChI=1S/C11H16ClN3O2/c1-6(2)5-13-9-7(3)8(4)14-11(12)10(9)15(16)17/h6H,5H2,1-4H3,(H,13,14). The maximum absolute atomic E-state index is 11.0. The van der Waals surface area contributed by atoms with Gasteiger partial charge < -0.3 is 5.32 Å². The van der Waals surface area contributed by atoms with E-state index in [-0.39, 0.29) is 10.8 Å². The molecule has 1 N–H and O–H groups in total. The van der Waals surface area contributed by atoms with Crippen molar-refractivity contribution in [2.24, 2.45) is 5.92 Å². The summed E-state index contributed by atoms with van der Waals surface area (Å²) in [6, 6.07) is 0. The molecule has 0 unspecified atom stereocenters. The number of halogens is 1. The molecule has 0 spiro atoms. The number of nitrogens with zero attached hydrogens (tertiary/aromatic N) is 2. The maximum Gasteiger partial charge on any atom is 0.329 e. The lowest BCUT2D eigenvalue weighted by Gasteiger charge is -2.13. The molecule has 1 aromatic heterocycles. The zero-order chi connectivity index (χ0) is 13.2. The van der Waals surface area contributed by atoms with E-state index in [1.807, 2.05) is 13.8 Å². The fourth-order valence-electron chi connectivity index (χ4n) is 1.43. The van der Waals surface area contributed by atoms with Crippen molar-refractivity contribution < 1.29 is 4.92 Å². The van der Waals surface area contributed by atoms with Gasteiger partial charge in [-0.3, -0.25) is 10.1 Å². The van der Waals surface area contributed by atoms with E-state index in [9.17, 15) is 10.1 Å². The molecule has 0 atom stereocenters. The number of nitro groups is 1. The number of nitrogens with one attached hydrogen (secondary N) is 1. The molecular formula is C11H16ClN3O2. The van der Waals surface area contributed by atoms with Gasteiger partial charge in [0.25, 0.3) is 0 Å². The van der Waals surface area contributed by atoms with Crippen LogP contribution in [-0.2, 0) is 0 Å². The lowest BCUT2D eigenvalue weighted by Crippen LogP contribution is -2.12. The normalized spacial score (nSPS) is 10.7. The van der Waals surface area contributed by atoms with Gasteiger partial charge in [0.05, 0.1) is 4.92 Å². The van der Waals surface area contributed by atoms with E-state index in [1.54, 1.807) is 13.8 Å². The first-order chi connectivity index (χ1) is 7.84.